The summed E-state index contributed by atoms with van der Waals surface area (Å²) in [6, 6.07) is -0.300. The summed E-state index contributed by atoms with van der Waals surface area (Å²) in [4.78, 5) is 24.1. The Morgan fingerprint density at radius 2 is 2.00 bits per heavy atom. The molecule has 0 unspecified atom stereocenters. The van der Waals surface area contributed by atoms with E-state index in [4.69, 9.17) is 10.8 Å². The van der Waals surface area contributed by atoms with Crippen LogP contribution < -0.4 is 5.73 Å². The van der Waals surface area contributed by atoms with Crippen molar-refractivity contribution in [2.24, 2.45) is 11.7 Å². The molecule has 1 aliphatic rings. The van der Waals surface area contributed by atoms with Crippen LogP contribution in [0.25, 0.3) is 0 Å². The predicted molar refractivity (Wildman–Crippen MR) is 59.8 cm³/mol. The fourth-order valence-electron chi connectivity index (χ4n) is 1.55. The van der Waals surface area contributed by atoms with Gasteiger partial charge in [0.25, 0.3) is 0 Å². The van der Waals surface area contributed by atoms with Crippen LogP contribution in [-0.2, 0) is 9.59 Å². The average Bonchev–Trinajstić information content (AvgIpc) is 3.00. The molecule has 1 saturated carbocycles. The van der Waals surface area contributed by atoms with Crippen molar-refractivity contribution in [2.75, 3.05) is 6.54 Å². The molecule has 0 spiro atoms. The van der Waals surface area contributed by atoms with Crippen LogP contribution in [0.1, 0.15) is 33.1 Å². The molecule has 1 fully saturated rings. The van der Waals surface area contributed by atoms with Crippen LogP contribution in [0.2, 0.25) is 0 Å². The molecule has 5 heteroatoms. The van der Waals surface area contributed by atoms with E-state index in [1.54, 1.807) is 4.90 Å². The van der Waals surface area contributed by atoms with Gasteiger partial charge >= 0.3 is 5.97 Å². The largest absolute Gasteiger partial charge is 0.481 e. The molecule has 5 nitrogen and oxygen atoms in total. The summed E-state index contributed by atoms with van der Waals surface area (Å²) in [5.41, 5.74) is 5.79. The van der Waals surface area contributed by atoms with Gasteiger partial charge in [-0.1, -0.05) is 13.8 Å². The summed E-state index contributed by atoms with van der Waals surface area (Å²) in [6.45, 7) is 4.06. The molecular formula is C11H20N2O3. The lowest BCUT2D eigenvalue weighted by atomic mass is 10.0. The monoisotopic (exact) mass is 228 g/mol. The van der Waals surface area contributed by atoms with E-state index < -0.39 is 12.0 Å². The molecule has 1 atom stereocenters. The topological polar surface area (TPSA) is 83.6 Å². The summed E-state index contributed by atoms with van der Waals surface area (Å²) in [5.74, 6) is -0.908. The fraction of sp³-hybridized carbons (Fsp3) is 0.818. The van der Waals surface area contributed by atoms with Crippen molar-refractivity contribution >= 4 is 11.9 Å². The van der Waals surface area contributed by atoms with Gasteiger partial charge in [-0.25, -0.2) is 0 Å². The van der Waals surface area contributed by atoms with E-state index in [-0.39, 0.29) is 30.8 Å². The molecule has 0 saturated heterocycles. The molecule has 0 aromatic carbocycles. The van der Waals surface area contributed by atoms with Crippen molar-refractivity contribution in [2.45, 2.75) is 45.2 Å². The standard InChI is InChI=1S/C11H20N2O3/c1-7(2)10(12)11(16)13(8-3-4-8)6-5-9(14)15/h7-8,10H,3-6,12H2,1-2H3,(H,14,15)/t10-/m1/s1. The highest BCUT2D eigenvalue weighted by molar-refractivity contribution is 5.83. The number of aliphatic carboxylic acids is 1. The average molecular weight is 228 g/mol. The molecule has 1 amide bonds. The number of nitrogens with zero attached hydrogens (tertiary/aromatic N) is 1. The maximum Gasteiger partial charge on any atom is 0.305 e. The third-order valence-corrected chi connectivity index (χ3v) is 2.84. The number of carbonyl (C=O) groups excluding carboxylic acids is 1. The number of hydrogen-bond donors (Lipinski definition) is 2. The second kappa shape index (κ2) is 5.30. The summed E-state index contributed by atoms with van der Waals surface area (Å²) in [6.07, 6.45) is 1.93. The van der Waals surface area contributed by atoms with Gasteiger partial charge in [0.05, 0.1) is 12.5 Å². The van der Waals surface area contributed by atoms with E-state index in [2.05, 4.69) is 0 Å². The normalized spacial score (nSPS) is 17.2. The van der Waals surface area contributed by atoms with Crippen molar-refractivity contribution < 1.29 is 14.7 Å². The number of carbonyl (C=O) groups is 2. The van der Waals surface area contributed by atoms with Crippen LogP contribution in [0.15, 0.2) is 0 Å². The smallest absolute Gasteiger partial charge is 0.305 e. The molecule has 1 aliphatic carbocycles. The highest BCUT2D eigenvalue weighted by atomic mass is 16.4. The number of hydrogen-bond acceptors (Lipinski definition) is 3. The molecule has 0 aromatic rings. The first-order valence-electron chi connectivity index (χ1n) is 5.71. The van der Waals surface area contributed by atoms with Gasteiger partial charge < -0.3 is 15.7 Å². The van der Waals surface area contributed by atoms with E-state index in [1.807, 2.05) is 13.8 Å². The Kier molecular flexibility index (Phi) is 4.29. The summed E-state index contributed by atoms with van der Waals surface area (Å²) < 4.78 is 0. The van der Waals surface area contributed by atoms with Crippen molar-refractivity contribution in [3.63, 3.8) is 0 Å². The van der Waals surface area contributed by atoms with E-state index in [9.17, 15) is 9.59 Å². The fourth-order valence-corrected chi connectivity index (χ4v) is 1.55. The van der Waals surface area contributed by atoms with Crippen LogP contribution >= 0.6 is 0 Å². The van der Waals surface area contributed by atoms with Crippen molar-refractivity contribution in [1.29, 1.82) is 0 Å². The number of carboxylic acids is 1. The lowest BCUT2D eigenvalue weighted by Crippen LogP contribution is -2.48. The third kappa shape index (κ3) is 3.48. The summed E-state index contributed by atoms with van der Waals surface area (Å²) >= 11 is 0. The van der Waals surface area contributed by atoms with E-state index in [0.29, 0.717) is 0 Å². The lowest BCUT2D eigenvalue weighted by Gasteiger charge is -2.26. The Morgan fingerprint density at radius 3 is 2.38 bits per heavy atom. The zero-order chi connectivity index (χ0) is 12.3. The summed E-state index contributed by atoms with van der Waals surface area (Å²) in [7, 11) is 0. The maximum absolute atomic E-state index is 12.0. The van der Waals surface area contributed by atoms with Crippen molar-refractivity contribution in [3.05, 3.63) is 0 Å². The molecule has 0 radical (unpaired) electrons. The van der Waals surface area contributed by atoms with Gasteiger partial charge in [0.1, 0.15) is 0 Å². The molecule has 16 heavy (non-hydrogen) atoms. The van der Waals surface area contributed by atoms with Crippen molar-refractivity contribution in [3.8, 4) is 0 Å². The Labute approximate surface area is 95.6 Å². The highest BCUT2D eigenvalue weighted by Crippen LogP contribution is 2.27. The number of amides is 1. The van der Waals surface area contributed by atoms with Gasteiger partial charge in [-0.3, -0.25) is 9.59 Å². The van der Waals surface area contributed by atoms with Gasteiger partial charge in [0.2, 0.25) is 5.91 Å². The molecule has 92 valence electrons. The zero-order valence-electron chi connectivity index (χ0n) is 9.85. The van der Waals surface area contributed by atoms with E-state index in [1.165, 1.54) is 0 Å². The van der Waals surface area contributed by atoms with Crippen LogP contribution in [0, 0.1) is 5.92 Å². The minimum Gasteiger partial charge on any atom is -0.481 e. The first-order valence-corrected chi connectivity index (χ1v) is 5.71. The molecular weight excluding hydrogens is 208 g/mol. The second-order valence-electron chi connectivity index (χ2n) is 4.68. The van der Waals surface area contributed by atoms with E-state index in [0.717, 1.165) is 12.8 Å². The maximum atomic E-state index is 12.0. The van der Waals surface area contributed by atoms with Crippen LogP contribution in [0.5, 0.6) is 0 Å². The van der Waals surface area contributed by atoms with Gasteiger partial charge in [0, 0.05) is 12.6 Å². The molecule has 1 rings (SSSR count). The Hall–Kier alpha value is -1.10. The van der Waals surface area contributed by atoms with Crippen LogP contribution in [-0.4, -0.2) is 40.5 Å². The van der Waals surface area contributed by atoms with Crippen molar-refractivity contribution in [1.82, 2.24) is 4.90 Å². The quantitative estimate of drug-likeness (QED) is 0.690. The van der Waals surface area contributed by atoms with Gasteiger partial charge in [-0.05, 0) is 18.8 Å². The summed E-state index contributed by atoms with van der Waals surface area (Å²) in [5, 5.41) is 8.62. The second-order valence-corrected chi connectivity index (χ2v) is 4.68. The molecule has 0 bridgehead atoms. The minimum atomic E-state index is -0.878. The number of nitrogens with two attached hydrogens (primary N) is 1. The number of carboxylic acid groups (broad SMARTS) is 1. The van der Waals surface area contributed by atoms with Gasteiger partial charge in [-0.15, -0.1) is 0 Å². The van der Waals surface area contributed by atoms with Crippen LogP contribution in [0.4, 0.5) is 0 Å². The highest BCUT2D eigenvalue weighted by Gasteiger charge is 2.35. The van der Waals surface area contributed by atoms with Crippen LogP contribution in [0.3, 0.4) is 0 Å². The first kappa shape index (κ1) is 13.0. The first-order chi connectivity index (χ1) is 7.43. The predicted octanol–water partition coefficient (Wildman–Crippen LogP) is 0.435. The Bertz CT molecular complexity index is 274. The minimum absolute atomic E-state index is 0.00689. The third-order valence-electron chi connectivity index (χ3n) is 2.84. The van der Waals surface area contributed by atoms with Gasteiger partial charge in [0.15, 0.2) is 0 Å². The molecule has 0 heterocycles. The SMILES string of the molecule is CC(C)[C@@H](N)C(=O)N(CCC(=O)O)C1CC1. The zero-order valence-corrected chi connectivity index (χ0v) is 9.85. The number of rotatable bonds is 6. The van der Waals surface area contributed by atoms with E-state index >= 15 is 0 Å². The molecule has 0 aliphatic heterocycles. The Balaban J connectivity index is 2.55. The lowest BCUT2D eigenvalue weighted by molar-refractivity contribution is -0.139. The molecule has 0 aromatic heterocycles. The van der Waals surface area contributed by atoms with Gasteiger partial charge in [-0.2, -0.15) is 0 Å². The molecule has 3 N–H and O–H groups in total. The Morgan fingerprint density at radius 1 is 1.44 bits per heavy atom.